The molecule has 2 aromatic rings. The van der Waals surface area contributed by atoms with Crippen LogP contribution in [0.4, 0.5) is 11.4 Å². The summed E-state index contributed by atoms with van der Waals surface area (Å²) in [5, 5.41) is 5.44. The summed E-state index contributed by atoms with van der Waals surface area (Å²) >= 11 is 3.43. The number of hydrogen-bond donors (Lipinski definition) is 2. The number of hydrogen-bond acceptors (Lipinski definition) is 4. The van der Waals surface area contributed by atoms with E-state index in [4.69, 9.17) is 9.47 Å². The fourth-order valence-electron chi connectivity index (χ4n) is 2.26. The third-order valence-corrected chi connectivity index (χ3v) is 4.16. The van der Waals surface area contributed by atoms with Crippen molar-refractivity contribution in [2.75, 3.05) is 17.7 Å². The minimum Gasteiger partial charge on any atom is -0.495 e. The number of nitrogens with one attached hydrogen (secondary N) is 2. The van der Waals surface area contributed by atoms with Crippen LogP contribution in [0.15, 0.2) is 40.9 Å². The lowest BCUT2D eigenvalue weighted by Gasteiger charge is -2.17. The standard InChI is InChI=1S/C19H21BrN2O4/c1-11-5-7-17(15(20)9-11)26-12(2)19(24)22-14-6-8-18(25-4)16(10-14)21-13(3)23/h5-10,12H,1-4H3,(H,21,23)(H,22,24). The zero-order valence-corrected chi connectivity index (χ0v) is 16.6. The first-order chi connectivity index (χ1) is 12.3. The van der Waals surface area contributed by atoms with Gasteiger partial charge in [-0.25, -0.2) is 0 Å². The van der Waals surface area contributed by atoms with E-state index >= 15 is 0 Å². The largest absolute Gasteiger partial charge is 0.495 e. The van der Waals surface area contributed by atoms with Crippen molar-refractivity contribution in [3.8, 4) is 11.5 Å². The summed E-state index contributed by atoms with van der Waals surface area (Å²) in [5.74, 6) is 0.558. The van der Waals surface area contributed by atoms with Crippen molar-refractivity contribution in [3.63, 3.8) is 0 Å². The van der Waals surface area contributed by atoms with E-state index in [0.717, 1.165) is 10.0 Å². The molecule has 0 fully saturated rings. The summed E-state index contributed by atoms with van der Waals surface area (Å²) in [6.07, 6.45) is -0.708. The Morgan fingerprint density at radius 2 is 1.77 bits per heavy atom. The van der Waals surface area contributed by atoms with E-state index in [1.165, 1.54) is 14.0 Å². The molecule has 2 aromatic carbocycles. The Bertz CT molecular complexity index is 823. The summed E-state index contributed by atoms with van der Waals surface area (Å²) in [5.41, 5.74) is 2.09. The van der Waals surface area contributed by atoms with Gasteiger partial charge in [0.2, 0.25) is 5.91 Å². The number of anilines is 2. The first kappa shape index (κ1) is 19.8. The number of ether oxygens (including phenoxy) is 2. The van der Waals surface area contributed by atoms with Crippen LogP contribution in [-0.4, -0.2) is 25.0 Å². The van der Waals surface area contributed by atoms with Crippen molar-refractivity contribution in [1.82, 2.24) is 0 Å². The quantitative estimate of drug-likeness (QED) is 0.736. The van der Waals surface area contributed by atoms with Crippen molar-refractivity contribution in [2.45, 2.75) is 26.9 Å². The van der Waals surface area contributed by atoms with Gasteiger partial charge in [0.05, 0.1) is 17.3 Å². The van der Waals surface area contributed by atoms with E-state index < -0.39 is 6.10 Å². The second-order valence-electron chi connectivity index (χ2n) is 5.78. The topological polar surface area (TPSA) is 76.7 Å². The Labute approximate surface area is 161 Å². The molecular weight excluding hydrogens is 400 g/mol. The molecule has 0 radical (unpaired) electrons. The van der Waals surface area contributed by atoms with Gasteiger partial charge in [-0.2, -0.15) is 0 Å². The van der Waals surface area contributed by atoms with Gasteiger partial charge in [0.1, 0.15) is 11.5 Å². The van der Waals surface area contributed by atoms with Gasteiger partial charge >= 0.3 is 0 Å². The minimum absolute atomic E-state index is 0.229. The molecule has 2 rings (SSSR count). The predicted octanol–water partition coefficient (Wildman–Crippen LogP) is 4.13. The van der Waals surface area contributed by atoms with Crippen LogP contribution < -0.4 is 20.1 Å². The Morgan fingerprint density at radius 3 is 2.38 bits per heavy atom. The Hall–Kier alpha value is -2.54. The third kappa shape index (κ3) is 5.23. The predicted molar refractivity (Wildman–Crippen MR) is 105 cm³/mol. The van der Waals surface area contributed by atoms with Crippen molar-refractivity contribution < 1.29 is 19.1 Å². The number of aryl methyl sites for hydroxylation is 1. The third-order valence-electron chi connectivity index (χ3n) is 3.54. The van der Waals surface area contributed by atoms with Crippen LogP contribution in [0.25, 0.3) is 0 Å². The number of benzene rings is 2. The SMILES string of the molecule is COc1ccc(NC(=O)C(C)Oc2ccc(C)cc2Br)cc1NC(C)=O. The maximum atomic E-state index is 12.4. The molecule has 0 aliphatic heterocycles. The van der Waals surface area contributed by atoms with Gasteiger partial charge in [-0.05, 0) is 65.7 Å². The number of halogens is 1. The number of methoxy groups -OCH3 is 1. The van der Waals surface area contributed by atoms with Gasteiger partial charge < -0.3 is 20.1 Å². The normalized spacial score (nSPS) is 11.4. The first-order valence-corrected chi connectivity index (χ1v) is 8.78. The van der Waals surface area contributed by atoms with Crippen molar-refractivity contribution >= 4 is 39.1 Å². The van der Waals surface area contributed by atoms with E-state index in [1.807, 2.05) is 25.1 Å². The van der Waals surface area contributed by atoms with Gasteiger partial charge in [-0.1, -0.05) is 6.07 Å². The molecule has 0 aliphatic rings. The monoisotopic (exact) mass is 420 g/mol. The number of rotatable bonds is 6. The van der Waals surface area contributed by atoms with Gasteiger partial charge in [-0.15, -0.1) is 0 Å². The molecule has 26 heavy (non-hydrogen) atoms. The van der Waals surface area contributed by atoms with Crippen molar-refractivity contribution in [3.05, 3.63) is 46.4 Å². The molecule has 0 bridgehead atoms. The molecule has 2 amide bonds. The molecule has 0 aliphatic carbocycles. The van der Waals surface area contributed by atoms with Gasteiger partial charge in [0.15, 0.2) is 6.10 Å². The van der Waals surface area contributed by atoms with Gasteiger partial charge in [0.25, 0.3) is 5.91 Å². The molecule has 138 valence electrons. The van der Waals surface area contributed by atoms with E-state index in [0.29, 0.717) is 22.9 Å². The Kier molecular flexibility index (Phi) is 6.63. The number of carbonyl (C=O) groups is 2. The lowest BCUT2D eigenvalue weighted by atomic mass is 10.2. The number of amides is 2. The maximum Gasteiger partial charge on any atom is 0.265 e. The number of carbonyl (C=O) groups excluding carboxylic acids is 2. The second kappa shape index (κ2) is 8.71. The molecule has 1 unspecified atom stereocenters. The lowest BCUT2D eigenvalue weighted by Crippen LogP contribution is -2.30. The van der Waals surface area contributed by atoms with Crippen LogP contribution in [0.2, 0.25) is 0 Å². The summed E-state index contributed by atoms with van der Waals surface area (Å²) in [6, 6.07) is 10.6. The van der Waals surface area contributed by atoms with E-state index in [-0.39, 0.29) is 11.8 Å². The lowest BCUT2D eigenvalue weighted by molar-refractivity contribution is -0.122. The average Bonchev–Trinajstić information content (AvgIpc) is 2.57. The van der Waals surface area contributed by atoms with Crippen LogP contribution in [0.1, 0.15) is 19.4 Å². The summed E-state index contributed by atoms with van der Waals surface area (Å²) in [4.78, 5) is 23.7. The van der Waals surface area contributed by atoms with Crippen LogP contribution in [-0.2, 0) is 9.59 Å². The average molecular weight is 421 g/mol. The molecule has 0 spiro atoms. The summed E-state index contributed by atoms with van der Waals surface area (Å²) in [6.45, 7) is 5.04. The zero-order valence-electron chi connectivity index (χ0n) is 15.1. The van der Waals surface area contributed by atoms with Crippen LogP contribution in [0.3, 0.4) is 0 Å². The fourth-order valence-corrected chi connectivity index (χ4v) is 2.85. The van der Waals surface area contributed by atoms with Crippen LogP contribution in [0.5, 0.6) is 11.5 Å². The van der Waals surface area contributed by atoms with Gasteiger partial charge in [-0.3, -0.25) is 9.59 Å². The molecule has 0 saturated carbocycles. The van der Waals surface area contributed by atoms with Crippen molar-refractivity contribution in [1.29, 1.82) is 0 Å². The van der Waals surface area contributed by atoms with Gasteiger partial charge in [0, 0.05) is 12.6 Å². The molecular formula is C19H21BrN2O4. The van der Waals surface area contributed by atoms with Crippen molar-refractivity contribution in [2.24, 2.45) is 0 Å². The molecule has 6 nitrogen and oxygen atoms in total. The second-order valence-corrected chi connectivity index (χ2v) is 6.63. The molecule has 7 heteroatoms. The zero-order chi connectivity index (χ0) is 19.3. The van der Waals surface area contributed by atoms with E-state index in [9.17, 15) is 9.59 Å². The highest BCUT2D eigenvalue weighted by Crippen LogP contribution is 2.29. The Morgan fingerprint density at radius 1 is 1.08 bits per heavy atom. The molecule has 0 heterocycles. The molecule has 1 atom stereocenters. The minimum atomic E-state index is -0.708. The maximum absolute atomic E-state index is 12.4. The van der Waals surface area contributed by atoms with E-state index in [2.05, 4.69) is 26.6 Å². The van der Waals surface area contributed by atoms with Crippen LogP contribution in [0, 0.1) is 6.92 Å². The summed E-state index contributed by atoms with van der Waals surface area (Å²) in [7, 11) is 1.51. The highest BCUT2D eigenvalue weighted by molar-refractivity contribution is 9.10. The highest BCUT2D eigenvalue weighted by atomic mass is 79.9. The molecule has 0 aromatic heterocycles. The van der Waals surface area contributed by atoms with E-state index in [1.54, 1.807) is 25.1 Å². The molecule has 2 N–H and O–H groups in total. The fraction of sp³-hybridized carbons (Fsp3) is 0.263. The summed E-state index contributed by atoms with van der Waals surface area (Å²) < 4.78 is 11.7. The van der Waals surface area contributed by atoms with Crippen LogP contribution >= 0.6 is 15.9 Å². The highest BCUT2D eigenvalue weighted by Gasteiger charge is 2.17. The first-order valence-electron chi connectivity index (χ1n) is 7.99. The Balaban J connectivity index is 2.09. The molecule has 0 saturated heterocycles. The smallest absolute Gasteiger partial charge is 0.265 e.